The van der Waals surface area contributed by atoms with Gasteiger partial charge in [0.15, 0.2) is 10.1 Å². The van der Waals surface area contributed by atoms with Crippen LogP contribution in [0, 0.1) is 22.6 Å². The molecule has 1 unspecified atom stereocenters. The molecule has 0 radical (unpaired) electrons. The molecule has 0 saturated heterocycles. The van der Waals surface area contributed by atoms with Gasteiger partial charge < -0.3 is 11.1 Å². The predicted molar refractivity (Wildman–Crippen MR) is 154 cm³/mol. The predicted octanol–water partition coefficient (Wildman–Crippen LogP) is 6.00. The lowest BCUT2D eigenvalue weighted by molar-refractivity contribution is -0.118. The van der Waals surface area contributed by atoms with Crippen molar-refractivity contribution in [3.05, 3.63) is 87.6 Å². The van der Waals surface area contributed by atoms with E-state index in [-0.39, 0.29) is 34.3 Å². The smallest absolute Gasteiger partial charge is 0.234 e. The fourth-order valence-corrected chi connectivity index (χ4v) is 6.73. The van der Waals surface area contributed by atoms with Crippen LogP contribution in [-0.2, 0) is 9.59 Å². The molecular weight excluding hydrogens is 571 g/mol. The van der Waals surface area contributed by atoms with Crippen molar-refractivity contribution in [1.82, 2.24) is 10.2 Å². The molecule has 8 nitrogen and oxygen atoms in total. The molecule has 0 saturated carbocycles. The first-order valence-electron chi connectivity index (χ1n) is 12.3. The van der Waals surface area contributed by atoms with Crippen LogP contribution in [0.25, 0.3) is 0 Å². The second-order valence-electron chi connectivity index (χ2n) is 10.2. The molecule has 1 aliphatic heterocycles. The highest BCUT2D eigenvalue weighted by Crippen LogP contribution is 2.50. The number of hydrogen-bond acceptors (Lipinski definition) is 9. The maximum absolute atomic E-state index is 13.7. The van der Waals surface area contributed by atoms with E-state index in [0.717, 1.165) is 0 Å². The fourth-order valence-electron chi connectivity index (χ4n) is 4.92. The molecule has 1 atom stereocenters. The molecule has 0 spiro atoms. The number of Topliss-reactive ketones (excluding diaryl/α,β-unsaturated/α-hetero) is 1. The van der Waals surface area contributed by atoms with Crippen LogP contribution in [0.2, 0.25) is 5.02 Å². The first-order valence-corrected chi connectivity index (χ1v) is 14.5. The number of amides is 1. The number of nitriles is 1. The van der Waals surface area contributed by atoms with Crippen LogP contribution in [0.15, 0.2) is 75.5 Å². The summed E-state index contributed by atoms with van der Waals surface area (Å²) in [6.45, 7) is 4.00. The van der Waals surface area contributed by atoms with Crippen LogP contribution in [0.4, 0.5) is 15.2 Å². The third-order valence-electron chi connectivity index (χ3n) is 6.63. The van der Waals surface area contributed by atoms with Gasteiger partial charge in [0.25, 0.3) is 0 Å². The van der Waals surface area contributed by atoms with E-state index in [9.17, 15) is 19.2 Å². The Bertz CT molecular complexity index is 1590. The number of thioether (sulfide) groups is 1. The molecule has 204 valence electrons. The fraction of sp³-hybridized carbons (Fsp3) is 0.250. The van der Waals surface area contributed by atoms with Crippen LogP contribution < -0.4 is 16.0 Å². The van der Waals surface area contributed by atoms with Gasteiger partial charge in [-0.1, -0.05) is 60.7 Å². The third kappa shape index (κ3) is 5.61. The quantitative estimate of drug-likeness (QED) is 0.333. The number of allylic oxidation sites excluding steroid dienone is 3. The number of halogens is 2. The van der Waals surface area contributed by atoms with Crippen molar-refractivity contribution in [2.24, 2.45) is 11.1 Å². The van der Waals surface area contributed by atoms with E-state index in [0.29, 0.717) is 49.9 Å². The van der Waals surface area contributed by atoms with Crippen molar-refractivity contribution in [3.8, 4) is 6.07 Å². The van der Waals surface area contributed by atoms with Crippen molar-refractivity contribution in [1.29, 1.82) is 5.26 Å². The SMILES string of the molecule is CC1(C)CC(=O)C2=C(C1)N(c1nnc(SCC(=O)Nc3ccc(Cl)cc3)s1)C(N)=C(C#N)C2c1ccc(F)cc1. The normalized spacial score (nSPS) is 18.4. The van der Waals surface area contributed by atoms with E-state index in [1.54, 1.807) is 41.3 Å². The molecule has 2 heterocycles. The number of rotatable bonds is 6. The summed E-state index contributed by atoms with van der Waals surface area (Å²) >= 11 is 8.32. The number of ketones is 1. The first kappa shape index (κ1) is 27.8. The average Bonchev–Trinajstić information content (AvgIpc) is 3.36. The number of anilines is 2. The monoisotopic (exact) mass is 594 g/mol. The summed E-state index contributed by atoms with van der Waals surface area (Å²) in [5, 5.41) is 22.5. The Morgan fingerprint density at radius 1 is 1.23 bits per heavy atom. The number of aromatic nitrogens is 2. The standard InChI is InChI=1S/C28H24ClFN6O2S2/c1-28(2)11-20-24(21(37)12-28)23(15-3-7-17(30)8-4-15)19(13-31)25(32)36(20)26-34-35-27(40-26)39-14-22(38)33-18-9-5-16(29)6-10-18/h3-10,23H,11-12,14,32H2,1-2H3,(H,33,38). The second-order valence-corrected chi connectivity index (χ2v) is 12.8. The van der Waals surface area contributed by atoms with Gasteiger partial charge in [0.05, 0.1) is 23.3 Å². The van der Waals surface area contributed by atoms with Crippen molar-refractivity contribution < 1.29 is 14.0 Å². The molecule has 2 aliphatic rings. The summed E-state index contributed by atoms with van der Waals surface area (Å²) in [6.07, 6.45) is 0.812. The summed E-state index contributed by atoms with van der Waals surface area (Å²) < 4.78 is 14.2. The molecular formula is C28H24ClFN6O2S2. The van der Waals surface area contributed by atoms with E-state index in [1.165, 1.54) is 35.2 Å². The van der Waals surface area contributed by atoms with Gasteiger partial charge in [0, 0.05) is 28.4 Å². The zero-order valence-electron chi connectivity index (χ0n) is 21.6. The van der Waals surface area contributed by atoms with Crippen molar-refractivity contribution in [2.45, 2.75) is 36.9 Å². The average molecular weight is 595 g/mol. The Hall–Kier alpha value is -3.72. The highest BCUT2D eigenvalue weighted by molar-refractivity contribution is 8.01. The molecule has 40 heavy (non-hydrogen) atoms. The van der Waals surface area contributed by atoms with Gasteiger partial charge in [-0.05, 0) is 53.8 Å². The number of nitrogens with two attached hydrogens (primary N) is 1. The topological polar surface area (TPSA) is 125 Å². The number of nitrogens with one attached hydrogen (secondary N) is 1. The van der Waals surface area contributed by atoms with E-state index in [4.69, 9.17) is 17.3 Å². The van der Waals surface area contributed by atoms with Crippen molar-refractivity contribution in [2.75, 3.05) is 16.0 Å². The first-order chi connectivity index (χ1) is 19.1. The summed E-state index contributed by atoms with van der Waals surface area (Å²) in [4.78, 5) is 27.7. The summed E-state index contributed by atoms with van der Waals surface area (Å²) in [5.74, 6) is -1.20. The van der Waals surface area contributed by atoms with E-state index in [1.807, 2.05) is 13.8 Å². The maximum atomic E-state index is 13.7. The van der Waals surface area contributed by atoms with Gasteiger partial charge in [-0.3, -0.25) is 14.5 Å². The van der Waals surface area contributed by atoms with Gasteiger partial charge >= 0.3 is 0 Å². The lowest BCUT2D eigenvalue weighted by Crippen LogP contribution is -2.42. The lowest BCUT2D eigenvalue weighted by atomic mass is 9.69. The van der Waals surface area contributed by atoms with Crippen LogP contribution in [-0.4, -0.2) is 27.6 Å². The zero-order chi connectivity index (χ0) is 28.6. The van der Waals surface area contributed by atoms with Crippen molar-refractivity contribution >= 4 is 57.2 Å². The summed E-state index contributed by atoms with van der Waals surface area (Å²) in [7, 11) is 0. The Morgan fingerprint density at radius 3 is 2.60 bits per heavy atom. The third-order valence-corrected chi connectivity index (χ3v) is 8.92. The van der Waals surface area contributed by atoms with Gasteiger partial charge in [-0.2, -0.15) is 5.26 Å². The molecule has 12 heteroatoms. The number of carbonyl (C=O) groups is 2. The molecule has 0 fully saturated rings. The second kappa shape index (κ2) is 11.0. The molecule has 1 amide bonds. The highest BCUT2D eigenvalue weighted by atomic mass is 35.5. The molecule has 5 rings (SSSR count). The van der Waals surface area contributed by atoms with E-state index >= 15 is 0 Å². The molecule has 1 aliphatic carbocycles. The summed E-state index contributed by atoms with van der Waals surface area (Å²) in [6, 6.07) is 14.8. The number of benzene rings is 2. The minimum absolute atomic E-state index is 0.0937. The highest BCUT2D eigenvalue weighted by Gasteiger charge is 2.45. The van der Waals surface area contributed by atoms with E-state index in [2.05, 4.69) is 21.6 Å². The number of hydrogen-bond donors (Lipinski definition) is 2. The minimum Gasteiger partial charge on any atom is -0.384 e. The zero-order valence-corrected chi connectivity index (χ0v) is 24.0. The van der Waals surface area contributed by atoms with Gasteiger partial charge in [-0.15, -0.1) is 10.2 Å². The van der Waals surface area contributed by atoms with Crippen LogP contribution in [0.3, 0.4) is 0 Å². The van der Waals surface area contributed by atoms with Gasteiger partial charge in [-0.25, -0.2) is 4.39 Å². The minimum atomic E-state index is -0.709. The van der Waals surface area contributed by atoms with Crippen LogP contribution in [0.5, 0.6) is 0 Å². The Morgan fingerprint density at radius 2 is 1.93 bits per heavy atom. The largest absolute Gasteiger partial charge is 0.384 e. The van der Waals surface area contributed by atoms with E-state index < -0.39 is 11.7 Å². The van der Waals surface area contributed by atoms with Gasteiger partial charge in [0.2, 0.25) is 11.0 Å². The molecule has 1 aromatic heterocycles. The van der Waals surface area contributed by atoms with Crippen molar-refractivity contribution in [3.63, 3.8) is 0 Å². The van der Waals surface area contributed by atoms with Crippen LogP contribution in [0.1, 0.15) is 38.2 Å². The summed E-state index contributed by atoms with van der Waals surface area (Å²) in [5.41, 5.74) is 8.80. The number of nitrogens with zero attached hydrogens (tertiary/aromatic N) is 4. The molecule has 0 bridgehead atoms. The molecule has 3 aromatic rings. The Labute approximate surface area is 243 Å². The van der Waals surface area contributed by atoms with Crippen LogP contribution >= 0.6 is 34.7 Å². The molecule has 2 aromatic carbocycles. The van der Waals surface area contributed by atoms with Gasteiger partial charge in [0.1, 0.15) is 11.6 Å². The Balaban J connectivity index is 1.46. The maximum Gasteiger partial charge on any atom is 0.234 e. The number of carbonyl (C=O) groups excluding carboxylic acids is 2. The lowest BCUT2D eigenvalue weighted by Gasteiger charge is -2.42. The Kier molecular flexibility index (Phi) is 7.68. The molecule has 3 N–H and O–H groups in total.